The maximum absolute atomic E-state index is 14.7. The molecule has 0 aliphatic carbocycles. The highest BCUT2D eigenvalue weighted by molar-refractivity contribution is 6.30. The van der Waals surface area contributed by atoms with E-state index in [1.54, 1.807) is 20.8 Å². The van der Waals surface area contributed by atoms with Gasteiger partial charge in [-0.3, -0.25) is 9.69 Å². The quantitative estimate of drug-likeness (QED) is 0.459. The molecule has 0 bridgehead atoms. The molecule has 0 radical (unpaired) electrons. The van der Waals surface area contributed by atoms with Gasteiger partial charge in [0.05, 0.1) is 11.1 Å². The van der Waals surface area contributed by atoms with E-state index >= 15 is 0 Å². The molecule has 3 atom stereocenters. The van der Waals surface area contributed by atoms with Gasteiger partial charge in [0.1, 0.15) is 23.6 Å². The summed E-state index contributed by atoms with van der Waals surface area (Å²) in [7, 11) is 0. The van der Waals surface area contributed by atoms with Crippen molar-refractivity contribution in [3.05, 3.63) is 45.0 Å². The van der Waals surface area contributed by atoms with Crippen LogP contribution in [0.5, 0.6) is 0 Å². The molecule has 2 rings (SSSR count). The van der Waals surface area contributed by atoms with Crippen LogP contribution in [0.2, 0.25) is 5.02 Å². The van der Waals surface area contributed by atoms with Crippen molar-refractivity contribution in [1.82, 2.24) is 10.2 Å². The summed E-state index contributed by atoms with van der Waals surface area (Å²) in [6.07, 6.45) is -2.85. The third-order valence-electron chi connectivity index (χ3n) is 3.97. The van der Waals surface area contributed by atoms with Gasteiger partial charge in [-0.15, -0.1) is 0 Å². The number of carbonyl (C=O) groups is 2. The van der Waals surface area contributed by atoms with E-state index in [0.717, 1.165) is 4.90 Å². The largest absolute Gasteiger partial charge is 0.444 e. The van der Waals surface area contributed by atoms with Crippen molar-refractivity contribution in [3.63, 3.8) is 0 Å². The number of alkyl halides is 1. The van der Waals surface area contributed by atoms with Gasteiger partial charge in [-0.05, 0) is 32.4 Å². The number of benzene rings is 1. The highest BCUT2D eigenvalue weighted by atomic mass is 35.5. The number of hydrogen-bond acceptors (Lipinski definition) is 4. The standard InChI is InChI=1S/C17H20ClF2N5O3/c1-17(2,3)28-16(27)25-8-11(23-24-21)13(20)14(25)15(26)22-7-9-5-4-6-10(18)12(9)19/h4-6,11,13-14H,7-8H2,1-3H3,(H,22,26)/t11-,13+,14+/m1/s1. The van der Waals surface area contributed by atoms with Crippen molar-refractivity contribution in [2.75, 3.05) is 6.54 Å². The zero-order chi connectivity index (χ0) is 21.1. The number of rotatable bonds is 4. The Labute approximate surface area is 165 Å². The maximum atomic E-state index is 14.7. The second-order valence-electron chi connectivity index (χ2n) is 7.22. The van der Waals surface area contributed by atoms with Crippen LogP contribution in [-0.4, -0.2) is 47.3 Å². The number of carbonyl (C=O) groups excluding carboxylic acids is 2. The second kappa shape index (κ2) is 8.62. The van der Waals surface area contributed by atoms with Crippen molar-refractivity contribution >= 4 is 23.6 Å². The Morgan fingerprint density at radius 1 is 1.46 bits per heavy atom. The van der Waals surface area contributed by atoms with E-state index in [1.165, 1.54) is 18.2 Å². The third kappa shape index (κ3) is 5.02. The van der Waals surface area contributed by atoms with Crippen molar-refractivity contribution in [2.24, 2.45) is 5.11 Å². The number of nitrogens with one attached hydrogen (secondary N) is 1. The minimum Gasteiger partial charge on any atom is -0.444 e. The van der Waals surface area contributed by atoms with E-state index in [9.17, 15) is 18.4 Å². The Morgan fingerprint density at radius 3 is 2.75 bits per heavy atom. The summed E-state index contributed by atoms with van der Waals surface area (Å²) >= 11 is 5.70. The monoisotopic (exact) mass is 415 g/mol. The van der Waals surface area contributed by atoms with E-state index < -0.39 is 41.7 Å². The summed E-state index contributed by atoms with van der Waals surface area (Å²) in [6, 6.07) is 1.46. The topological polar surface area (TPSA) is 107 Å². The predicted octanol–water partition coefficient (Wildman–Crippen LogP) is 3.73. The molecule has 11 heteroatoms. The molecule has 1 saturated heterocycles. The number of amides is 2. The predicted molar refractivity (Wildman–Crippen MR) is 97.8 cm³/mol. The van der Waals surface area contributed by atoms with Crippen LogP contribution in [0.4, 0.5) is 13.6 Å². The molecule has 1 aliphatic rings. The molecule has 152 valence electrons. The number of ether oxygens (including phenoxy) is 1. The van der Waals surface area contributed by atoms with E-state index in [4.69, 9.17) is 21.9 Å². The lowest BCUT2D eigenvalue weighted by molar-refractivity contribution is -0.127. The van der Waals surface area contributed by atoms with E-state index in [-0.39, 0.29) is 23.7 Å². The van der Waals surface area contributed by atoms with Crippen LogP contribution in [-0.2, 0) is 16.1 Å². The van der Waals surface area contributed by atoms with Crippen LogP contribution in [0.25, 0.3) is 10.4 Å². The zero-order valence-corrected chi connectivity index (χ0v) is 16.3. The van der Waals surface area contributed by atoms with Crippen LogP contribution in [0, 0.1) is 5.82 Å². The fourth-order valence-corrected chi connectivity index (χ4v) is 2.93. The maximum Gasteiger partial charge on any atom is 0.411 e. The Hall–Kier alpha value is -2.58. The molecule has 28 heavy (non-hydrogen) atoms. The van der Waals surface area contributed by atoms with E-state index in [0.29, 0.717) is 0 Å². The molecular weight excluding hydrogens is 396 g/mol. The first kappa shape index (κ1) is 21.7. The van der Waals surface area contributed by atoms with Crippen LogP contribution >= 0.6 is 11.6 Å². The molecule has 2 amide bonds. The van der Waals surface area contributed by atoms with Gasteiger partial charge >= 0.3 is 6.09 Å². The Bertz CT molecular complexity index is 810. The minimum atomic E-state index is -1.94. The fourth-order valence-electron chi connectivity index (χ4n) is 2.73. The Balaban J connectivity index is 2.19. The molecule has 1 aromatic carbocycles. The van der Waals surface area contributed by atoms with Gasteiger partial charge in [0.15, 0.2) is 0 Å². The van der Waals surface area contributed by atoms with Gasteiger partial charge in [0.2, 0.25) is 5.91 Å². The molecule has 0 aromatic heterocycles. The third-order valence-corrected chi connectivity index (χ3v) is 4.26. The van der Waals surface area contributed by atoms with Crippen molar-refractivity contribution in [2.45, 2.75) is 51.2 Å². The van der Waals surface area contributed by atoms with Crippen LogP contribution in [0.15, 0.2) is 23.3 Å². The van der Waals surface area contributed by atoms with Gasteiger partial charge in [-0.25, -0.2) is 13.6 Å². The average molecular weight is 416 g/mol. The molecule has 0 spiro atoms. The Morgan fingerprint density at radius 2 is 2.14 bits per heavy atom. The summed E-state index contributed by atoms with van der Waals surface area (Å²) in [6.45, 7) is 4.29. The van der Waals surface area contributed by atoms with E-state index in [2.05, 4.69) is 15.3 Å². The number of halogens is 3. The molecule has 1 aliphatic heterocycles. The van der Waals surface area contributed by atoms with Gasteiger partial charge < -0.3 is 10.1 Å². The molecule has 1 N–H and O–H groups in total. The average Bonchev–Trinajstić information content (AvgIpc) is 2.92. The second-order valence-corrected chi connectivity index (χ2v) is 7.63. The summed E-state index contributed by atoms with van der Waals surface area (Å²) in [4.78, 5) is 28.4. The van der Waals surface area contributed by atoms with Crippen molar-refractivity contribution < 1.29 is 23.1 Å². The summed E-state index contributed by atoms with van der Waals surface area (Å²) in [5.41, 5.74) is 7.82. The molecule has 8 nitrogen and oxygen atoms in total. The molecular formula is C17H20ClF2N5O3. The normalized spacial score (nSPS) is 21.8. The number of azide groups is 1. The van der Waals surface area contributed by atoms with Crippen molar-refractivity contribution in [3.8, 4) is 0 Å². The molecule has 0 saturated carbocycles. The highest BCUT2D eigenvalue weighted by Gasteiger charge is 2.49. The molecule has 1 heterocycles. The van der Waals surface area contributed by atoms with Gasteiger partial charge in [0.25, 0.3) is 0 Å². The number of hydrogen-bond donors (Lipinski definition) is 1. The van der Waals surface area contributed by atoms with E-state index in [1.807, 2.05) is 0 Å². The van der Waals surface area contributed by atoms with Crippen LogP contribution < -0.4 is 5.32 Å². The first-order valence-electron chi connectivity index (χ1n) is 8.43. The van der Waals surface area contributed by atoms with Gasteiger partial charge in [-0.1, -0.05) is 28.8 Å². The molecule has 1 fully saturated rings. The smallest absolute Gasteiger partial charge is 0.411 e. The summed E-state index contributed by atoms with van der Waals surface area (Å²) in [5, 5.41) is 5.58. The first-order valence-corrected chi connectivity index (χ1v) is 8.81. The zero-order valence-electron chi connectivity index (χ0n) is 15.5. The van der Waals surface area contributed by atoms with Crippen molar-refractivity contribution in [1.29, 1.82) is 0 Å². The number of nitrogens with zero attached hydrogens (tertiary/aromatic N) is 4. The molecule has 0 unspecified atom stereocenters. The minimum absolute atomic E-state index is 0.102. The fraction of sp³-hybridized carbons (Fsp3) is 0.529. The number of likely N-dealkylation sites (tertiary alicyclic amines) is 1. The summed E-state index contributed by atoms with van der Waals surface area (Å²) < 4.78 is 33.9. The van der Waals surface area contributed by atoms with Crippen LogP contribution in [0.1, 0.15) is 26.3 Å². The van der Waals surface area contributed by atoms with Crippen LogP contribution in [0.3, 0.4) is 0 Å². The SMILES string of the molecule is CC(C)(C)OC(=O)N1C[C@@H](N=[N+]=[N-])[C@H](F)[C@H]1C(=O)NCc1cccc(Cl)c1F. The lowest BCUT2D eigenvalue weighted by Crippen LogP contribution is -2.50. The van der Waals surface area contributed by atoms with Gasteiger partial charge in [0, 0.05) is 23.6 Å². The summed E-state index contributed by atoms with van der Waals surface area (Å²) in [5.74, 6) is -1.57. The lowest BCUT2D eigenvalue weighted by atomic mass is 10.1. The van der Waals surface area contributed by atoms with Gasteiger partial charge in [-0.2, -0.15) is 0 Å². The lowest BCUT2D eigenvalue weighted by Gasteiger charge is -2.28. The first-order chi connectivity index (χ1) is 13.0. The Kier molecular flexibility index (Phi) is 6.69. The molecule has 1 aromatic rings. The highest BCUT2D eigenvalue weighted by Crippen LogP contribution is 2.27.